The second-order valence-corrected chi connectivity index (χ2v) is 16.6. The summed E-state index contributed by atoms with van der Waals surface area (Å²) < 4.78 is 5.22. The average Bonchev–Trinajstić information content (AvgIpc) is 3.61. The zero-order valence-corrected chi connectivity index (χ0v) is 34.3. The van der Waals surface area contributed by atoms with Gasteiger partial charge in [0, 0.05) is 31.1 Å². The topological polar surface area (TPSA) is 114 Å². The third kappa shape index (κ3) is 9.71. The van der Waals surface area contributed by atoms with Crippen LogP contribution < -0.4 is 16.0 Å². The van der Waals surface area contributed by atoms with Crippen LogP contribution >= 0.6 is 46.3 Å². The molecule has 1 heterocycles. The van der Waals surface area contributed by atoms with E-state index in [-0.39, 0.29) is 11.6 Å². The Bertz CT molecular complexity index is 2490. The Balaban J connectivity index is 1.14. The molecule has 1 aliphatic rings. The quantitative estimate of drug-likeness (QED) is 0.0642. The van der Waals surface area contributed by atoms with Crippen molar-refractivity contribution in [1.82, 2.24) is 5.32 Å². The third-order valence-corrected chi connectivity index (χ3v) is 12.6. The van der Waals surface area contributed by atoms with E-state index < -0.39 is 23.0 Å². The van der Waals surface area contributed by atoms with Crippen LogP contribution in [0.1, 0.15) is 65.4 Å². The molecule has 7 rings (SSSR count). The monoisotopic (exact) mass is 845 g/mol. The predicted octanol–water partition coefficient (Wildman–Crippen LogP) is 11.0. The Morgan fingerprint density at radius 1 is 0.828 bits per heavy atom. The highest BCUT2D eigenvalue weighted by molar-refractivity contribution is 8.00. The van der Waals surface area contributed by atoms with Crippen molar-refractivity contribution < 1.29 is 23.9 Å². The molecule has 1 aromatic heterocycles. The maximum absolute atomic E-state index is 14.4. The van der Waals surface area contributed by atoms with E-state index in [0.717, 1.165) is 28.8 Å². The second kappa shape index (κ2) is 18.7. The van der Waals surface area contributed by atoms with Gasteiger partial charge in [-0.2, -0.15) is 0 Å². The van der Waals surface area contributed by atoms with Crippen LogP contribution in [0, 0.1) is 0 Å². The van der Waals surface area contributed by atoms with Crippen LogP contribution in [0.25, 0.3) is 6.08 Å². The van der Waals surface area contributed by atoms with Crippen molar-refractivity contribution in [3.63, 3.8) is 0 Å². The molecule has 2 atom stereocenters. The zero-order chi connectivity index (χ0) is 40.6. The lowest BCUT2D eigenvalue weighted by atomic mass is 9.83. The number of thiophene rings is 1. The fourth-order valence-corrected chi connectivity index (χ4v) is 9.64. The van der Waals surface area contributed by atoms with E-state index >= 15 is 0 Å². The number of carbonyl (C=O) groups excluding carboxylic acids is 4. The first-order valence-corrected chi connectivity index (χ1v) is 20.9. The van der Waals surface area contributed by atoms with Crippen LogP contribution in [0.3, 0.4) is 0 Å². The fourth-order valence-electron chi connectivity index (χ4n) is 6.78. The molecule has 0 saturated heterocycles. The van der Waals surface area contributed by atoms with Gasteiger partial charge in [-0.3, -0.25) is 14.4 Å². The van der Waals surface area contributed by atoms with E-state index in [1.54, 1.807) is 66.7 Å². The molecule has 58 heavy (non-hydrogen) atoms. The molecule has 0 aliphatic heterocycles. The Morgan fingerprint density at radius 2 is 1.53 bits per heavy atom. The highest BCUT2D eigenvalue weighted by atomic mass is 35.5. The van der Waals surface area contributed by atoms with Crippen LogP contribution in [0.2, 0.25) is 10.0 Å². The first-order chi connectivity index (χ1) is 28.2. The number of rotatable bonds is 12. The largest absolute Gasteiger partial charge is 0.465 e. The van der Waals surface area contributed by atoms with Crippen molar-refractivity contribution in [3.05, 3.63) is 187 Å². The van der Waals surface area contributed by atoms with Gasteiger partial charge < -0.3 is 20.7 Å². The lowest BCUT2D eigenvalue weighted by Crippen LogP contribution is -2.30. The van der Waals surface area contributed by atoms with Gasteiger partial charge in [0.25, 0.3) is 11.8 Å². The number of ether oxygens (including phenoxy) is 1. The number of benzene rings is 5. The van der Waals surface area contributed by atoms with Crippen molar-refractivity contribution in [3.8, 4) is 0 Å². The lowest BCUT2D eigenvalue weighted by Gasteiger charge is -2.22. The number of esters is 1. The average molecular weight is 847 g/mol. The van der Waals surface area contributed by atoms with Crippen LogP contribution in [0.5, 0.6) is 0 Å². The van der Waals surface area contributed by atoms with Gasteiger partial charge in [-0.1, -0.05) is 114 Å². The van der Waals surface area contributed by atoms with Crippen LogP contribution in [0.4, 0.5) is 10.7 Å². The minimum absolute atomic E-state index is 0.0483. The van der Waals surface area contributed by atoms with Gasteiger partial charge in [-0.05, 0) is 96.0 Å². The molecule has 12 heteroatoms. The van der Waals surface area contributed by atoms with Gasteiger partial charge in [0.15, 0.2) is 0 Å². The highest BCUT2D eigenvalue weighted by Crippen LogP contribution is 2.44. The number of halogens is 2. The van der Waals surface area contributed by atoms with Gasteiger partial charge in [0.2, 0.25) is 5.91 Å². The van der Waals surface area contributed by atoms with Crippen molar-refractivity contribution in [1.29, 1.82) is 0 Å². The summed E-state index contributed by atoms with van der Waals surface area (Å²) in [6, 6.07) is 40.2. The maximum atomic E-state index is 14.4. The molecule has 2 unspecified atom stereocenters. The molecule has 0 bridgehead atoms. The number of carbonyl (C=O) groups is 4. The molecule has 3 amide bonds. The summed E-state index contributed by atoms with van der Waals surface area (Å²) >= 11 is 15.3. The number of methoxy groups -OCH3 is 1. The Labute approximate surface area is 354 Å². The third-order valence-electron chi connectivity index (χ3n) is 9.64. The smallest absolute Gasteiger partial charge is 0.341 e. The first-order valence-electron chi connectivity index (χ1n) is 18.4. The number of hydrogen-bond donors (Lipinski definition) is 3. The van der Waals surface area contributed by atoms with Crippen LogP contribution in [-0.4, -0.2) is 30.8 Å². The molecule has 8 nitrogen and oxygen atoms in total. The fraction of sp³-hybridized carbons (Fsp3) is 0.130. The summed E-state index contributed by atoms with van der Waals surface area (Å²) in [5.74, 6) is -1.57. The molecule has 1 aliphatic carbocycles. The van der Waals surface area contributed by atoms with Crippen molar-refractivity contribution >= 4 is 86.8 Å². The standard InChI is InChI=1S/C46H37Cl2N3O5S2/c1-56-46(55)40-36-23-21-31(28-12-5-2-6-13-28)25-39(36)58-45(40)51-44(54)41(29-14-7-3-8-15-29)57-35-19-11-18-34(27-35)49-43(53)38(24-32-20-22-33(47)26-37(32)48)50-42(52)30-16-9-4-10-17-30/h2-20,22,24,26-27,31,41H,21,23,25H2,1H3,(H,49,53)(H,50,52)(H,51,54)/b38-24+. The maximum Gasteiger partial charge on any atom is 0.341 e. The molecule has 292 valence electrons. The SMILES string of the molecule is COC(=O)c1c(NC(=O)C(Sc2cccc(NC(=O)/C(=C\c3ccc(Cl)cc3Cl)NC(=O)c3ccccc3)c2)c2ccccc2)sc2c1CCC(c1ccccc1)C2. The van der Waals surface area contributed by atoms with Crippen LogP contribution in [-0.2, 0) is 27.2 Å². The molecule has 0 saturated carbocycles. The normalized spacial score (nSPS) is 14.1. The molecular formula is C46H37Cl2N3O5S2. The molecule has 6 aromatic rings. The van der Waals surface area contributed by atoms with Crippen molar-refractivity contribution in [2.24, 2.45) is 0 Å². The summed E-state index contributed by atoms with van der Waals surface area (Å²) in [6.45, 7) is 0. The van der Waals surface area contributed by atoms with E-state index in [9.17, 15) is 19.2 Å². The van der Waals surface area contributed by atoms with Crippen LogP contribution in [0.15, 0.2) is 144 Å². The van der Waals surface area contributed by atoms with E-state index in [4.69, 9.17) is 27.9 Å². The molecule has 3 N–H and O–H groups in total. The number of thioether (sulfide) groups is 1. The molecule has 0 fully saturated rings. The number of nitrogens with one attached hydrogen (secondary N) is 3. The molecule has 5 aromatic carbocycles. The second-order valence-electron chi connectivity index (χ2n) is 13.5. The highest BCUT2D eigenvalue weighted by Gasteiger charge is 2.32. The minimum atomic E-state index is -0.735. The summed E-state index contributed by atoms with van der Waals surface area (Å²) in [5.41, 5.74) is 4.56. The van der Waals surface area contributed by atoms with Gasteiger partial charge >= 0.3 is 5.97 Å². The summed E-state index contributed by atoms with van der Waals surface area (Å²) in [6.07, 6.45) is 3.82. The van der Waals surface area contributed by atoms with Gasteiger partial charge in [-0.25, -0.2) is 4.79 Å². The summed E-state index contributed by atoms with van der Waals surface area (Å²) in [7, 11) is 1.35. The molecular weight excluding hydrogens is 810 g/mol. The lowest BCUT2D eigenvalue weighted by molar-refractivity contribution is -0.116. The van der Waals surface area contributed by atoms with E-state index in [2.05, 4.69) is 28.1 Å². The number of hydrogen-bond acceptors (Lipinski definition) is 7. The Hall–Kier alpha value is -5.65. The number of amides is 3. The Morgan fingerprint density at radius 3 is 2.24 bits per heavy atom. The van der Waals surface area contributed by atoms with Gasteiger partial charge in [0.05, 0.1) is 12.7 Å². The molecule has 0 spiro atoms. The van der Waals surface area contributed by atoms with E-state index in [0.29, 0.717) is 54.7 Å². The number of fused-ring (bicyclic) bond motifs is 1. The Kier molecular flexibility index (Phi) is 13.1. The van der Waals surface area contributed by atoms with Gasteiger partial charge in [0.1, 0.15) is 15.9 Å². The van der Waals surface area contributed by atoms with Crippen molar-refractivity contribution in [2.75, 3.05) is 17.7 Å². The van der Waals surface area contributed by atoms with E-state index in [1.165, 1.54) is 41.8 Å². The summed E-state index contributed by atoms with van der Waals surface area (Å²) in [4.78, 5) is 56.4. The van der Waals surface area contributed by atoms with E-state index in [1.807, 2.05) is 54.6 Å². The zero-order valence-electron chi connectivity index (χ0n) is 31.2. The minimum Gasteiger partial charge on any atom is -0.465 e. The van der Waals surface area contributed by atoms with Gasteiger partial charge in [-0.15, -0.1) is 23.1 Å². The van der Waals surface area contributed by atoms with Crippen molar-refractivity contribution in [2.45, 2.75) is 35.3 Å². The predicted molar refractivity (Wildman–Crippen MR) is 234 cm³/mol. The molecule has 0 radical (unpaired) electrons. The summed E-state index contributed by atoms with van der Waals surface area (Å²) in [5, 5.41) is 9.17. The first kappa shape index (κ1) is 40.5. The number of anilines is 2.